The predicted molar refractivity (Wildman–Crippen MR) is 54.4 cm³/mol. The molecule has 0 aliphatic carbocycles. The maximum Gasteiger partial charge on any atom is 0.168 e. The van der Waals surface area contributed by atoms with E-state index in [1.165, 1.54) is 4.88 Å². The van der Waals surface area contributed by atoms with E-state index in [1.807, 2.05) is 18.4 Å². The quantitative estimate of drug-likeness (QED) is 0.730. The van der Waals surface area contributed by atoms with E-state index < -0.39 is 0 Å². The second-order valence-electron chi connectivity index (χ2n) is 3.50. The smallest absolute Gasteiger partial charge is 0.168 e. The maximum atomic E-state index is 11.8. The third kappa shape index (κ3) is 1.81. The van der Waals surface area contributed by atoms with Crippen molar-refractivity contribution in [3.8, 4) is 0 Å². The van der Waals surface area contributed by atoms with Crippen LogP contribution in [0.2, 0.25) is 0 Å². The Hall–Kier alpha value is -0.670. The zero-order valence-electron chi connectivity index (χ0n) is 7.67. The van der Waals surface area contributed by atoms with Crippen molar-refractivity contribution in [2.45, 2.75) is 13.3 Å². The van der Waals surface area contributed by atoms with Crippen molar-refractivity contribution in [2.24, 2.45) is 5.92 Å². The van der Waals surface area contributed by atoms with Gasteiger partial charge in [-0.3, -0.25) is 4.79 Å². The van der Waals surface area contributed by atoms with E-state index in [-0.39, 0.29) is 5.92 Å². The van der Waals surface area contributed by atoms with Crippen molar-refractivity contribution >= 4 is 17.1 Å². The first-order chi connectivity index (χ1) is 6.27. The van der Waals surface area contributed by atoms with Gasteiger partial charge in [-0.2, -0.15) is 0 Å². The van der Waals surface area contributed by atoms with Crippen molar-refractivity contribution in [3.05, 3.63) is 21.9 Å². The van der Waals surface area contributed by atoms with Crippen LogP contribution in [0, 0.1) is 12.8 Å². The van der Waals surface area contributed by atoms with E-state index >= 15 is 0 Å². The number of aryl methyl sites for hydroxylation is 1. The lowest BCUT2D eigenvalue weighted by molar-refractivity contribution is 0.0931. The molecule has 0 aromatic carbocycles. The average molecular weight is 195 g/mol. The molecule has 1 aliphatic heterocycles. The number of nitrogens with one attached hydrogen (secondary N) is 1. The molecule has 3 heteroatoms. The molecule has 70 valence electrons. The van der Waals surface area contributed by atoms with Gasteiger partial charge in [-0.25, -0.2) is 0 Å². The van der Waals surface area contributed by atoms with Crippen LogP contribution in [0.3, 0.4) is 0 Å². The van der Waals surface area contributed by atoms with Crippen LogP contribution < -0.4 is 5.32 Å². The van der Waals surface area contributed by atoms with Gasteiger partial charge in [-0.15, -0.1) is 11.3 Å². The largest absolute Gasteiger partial charge is 0.316 e. The van der Waals surface area contributed by atoms with E-state index in [0.29, 0.717) is 5.78 Å². The minimum absolute atomic E-state index is 0.217. The number of carbonyl (C=O) groups excluding carboxylic acids is 1. The topological polar surface area (TPSA) is 29.1 Å². The van der Waals surface area contributed by atoms with E-state index in [1.54, 1.807) is 11.3 Å². The summed E-state index contributed by atoms with van der Waals surface area (Å²) in [7, 11) is 0. The molecule has 1 N–H and O–H groups in total. The molecule has 0 saturated carbocycles. The molecule has 0 radical (unpaired) electrons. The summed E-state index contributed by atoms with van der Waals surface area (Å²) in [6.45, 7) is 3.88. The second-order valence-corrected chi connectivity index (χ2v) is 4.62. The van der Waals surface area contributed by atoms with Crippen LogP contribution in [0.4, 0.5) is 0 Å². The highest BCUT2D eigenvalue weighted by molar-refractivity contribution is 7.10. The maximum absolute atomic E-state index is 11.8. The van der Waals surface area contributed by atoms with E-state index in [9.17, 15) is 4.79 Å². The Bertz CT molecular complexity index is 312. The van der Waals surface area contributed by atoms with Gasteiger partial charge in [0.1, 0.15) is 0 Å². The third-order valence-corrected chi connectivity index (χ3v) is 3.31. The molecular weight excluding hydrogens is 182 g/mol. The summed E-state index contributed by atoms with van der Waals surface area (Å²) in [4.78, 5) is 13.0. The highest BCUT2D eigenvalue weighted by atomic mass is 32.1. The zero-order chi connectivity index (χ0) is 9.26. The van der Waals surface area contributed by atoms with Crippen LogP contribution in [0.5, 0.6) is 0 Å². The summed E-state index contributed by atoms with van der Waals surface area (Å²) < 4.78 is 0. The Balaban J connectivity index is 2.12. The SMILES string of the molecule is Cc1cc(C(=O)C2CCNC2)cs1. The number of rotatable bonds is 2. The van der Waals surface area contributed by atoms with Crippen LogP contribution in [-0.2, 0) is 0 Å². The Kier molecular flexibility index (Phi) is 2.47. The van der Waals surface area contributed by atoms with Crippen LogP contribution in [0.25, 0.3) is 0 Å². The van der Waals surface area contributed by atoms with Gasteiger partial charge in [-0.1, -0.05) is 0 Å². The first-order valence-corrected chi connectivity index (χ1v) is 5.45. The summed E-state index contributed by atoms with van der Waals surface area (Å²) in [5, 5.41) is 5.18. The Labute approximate surface area is 82.0 Å². The van der Waals surface area contributed by atoms with E-state index in [4.69, 9.17) is 0 Å². The minimum Gasteiger partial charge on any atom is -0.316 e. The summed E-state index contributed by atoms with van der Waals surface area (Å²) in [5.41, 5.74) is 0.899. The lowest BCUT2D eigenvalue weighted by Gasteiger charge is -2.03. The molecule has 13 heavy (non-hydrogen) atoms. The van der Waals surface area contributed by atoms with Crippen molar-refractivity contribution in [1.29, 1.82) is 0 Å². The highest BCUT2D eigenvalue weighted by Crippen LogP contribution is 2.19. The van der Waals surface area contributed by atoms with Crippen molar-refractivity contribution in [2.75, 3.05) is 13.1 Å². The molecule has 0 spiro atoms. The molecule has 2 rings (SSSR count). The van der Waals surface area contributed by atoms with Crippen LogP contribution >= 0.6 is 11.3 Å². The summed E-state index contributed by atoms with van der Waals surface area (Å²) in [6, 6.07) is 1.99. The number of thiophene rings is 1. The molecule has 1 atom stereocenters. The molecule has 1 aromatic heterocycles. The molecule has 0 bridgehead atoms. The van der Waals surface area contributed by atoms with Gasteiger partial charge in [0, 0.05) is 28.3 Å². The van der Waals surface area contributed by atoms with E-state index in [0.717, 1.165) is 25.1 Å². The van der Waals surface area contributed by atoms with Gasteiger partial charge < -0.3 is 5.32 Å². The first-order valence-electron chi connectivity index (χ1n) is 4.57. The fourth-order valence-electron chi connectivity index (χ4n) is 1.69. The first kappa shape index (κ1) is 8.91. The molecule has 0 amide bonds. The molecule has 2 heterocycles. The van der Waals surface area contributed by atoms with Gasteiger partial charge in [0.2, 0.25) is 0 Å². The Morgan fingerprint density at radius 3 is 3.08 bits per heavy atom. The monoisotopic (exact) mass is 195 g/mol. The lowest BCUT2D eigenvalue weighted by atomic mass is 9.99. The number of Topliss-reactive ketones (excluding diaryl/α,β-unsaturated/α-hetero) is 1. The van der Waals surface area contributed by atoms with Crippen LogP contribution in [0.15, 0.2) is 11.4 Å². The highest BCUT2D eigenvalue weighted by Gasteiger charge is 2.23. The molecule has 1 saturated heterocycles. The lowest BCUT2D eigenvalue weighted by Crippen LogP contribution is -2.17. The third-order valence-electron chi connectivity index (χ3n) is 2.45. The van der Waals surface area contributed by atoms with Crippen LogP contribution in [0.1, 0.15) is 21.7 Å². The molecule has 1 aromatic rings. The van der Waals surface area contributed by atoms with Gasteiger partial charge in [0.15, 0.2) is 5.78 Å². The summed E-state index contributed by atoms with van der Waals surface area (Å²) >= 11 is 1.65. The Morgan fingerprint density at radius 2 is 2.54 bits per heavy atom. The van der Waals surface area contributed by atoms with Crippen molar-refractivity contribution < 1.29 is 4.79 Å². The second kappa shape index (κ2) is 3.60. The van der Waals surface area contributed by atoms with Crippen molar-refractivity contribution in [3.63, 3.8) is 0 Å². The molecule has 2 nitrogen and oxygen atoms in total. The van der Waals surface area contributed by atoms with E-state index in [2.05, 4.69) is 5.32 Å². The van der Waals surface area contributed by atoms with Gasteiger partial charge in [-0.05, 0) is 26.0 Å². The number of carbonyl (C=O) groups is 1. The van der Waals surface area contributed by atoms with Gasteiger partial charge in [0.05, 0.1) is 0 Å². The van der Waals surface area contributed by atoms with Gasteiger partial charge >= 0.3 is 0 Å². The summed E-state index contributed by atoms with van der Waals surface area (Å²) in [6.07, 6.45) is 0.994. The number of ketones is 1. The number of hydrogen-bond acceptors (Lipinski definition) is 3. The Morgan fingerprint density at radius 1 is 1.69 bits per heavy atom. The molecule has 1 aliphatic rings. The average Bonchev–Trinajstić information content (AvgIpc) is 2.72. The molecule has 1 unspecified atom stereocenters. The standard InChI is InChI=1S/C10H13NOS/c1-7-4-9(6-13-7)10(12)8-2-3-11-5-8/h4,6,8,11H,2-3,5H2,1H3. The molecular formula is C10H13NOS. The van der Waals surface area contributed by atoms with Gasteiger partial charge in [0.25, 0.3) is 0 Å². The fraction of sp³-hybridized carbons (Fsp3) is 0.500. The minimum atomic E-state index is 0.217. The normalized spacial score (nSPS) is 22.1. The fourth-order valence-corrected chi connectivity index (χ4v) is 2.38. The van der Waals surface area contributed by atoms with Crippen molar-refractivity contribution in [1.82, 2.24) is 5.32 Å². The van der Waals surface area contributed by atoms with Crippen LogP contribution in [-0.4, -0.2) is 18.9 Å². The number of hydrogen-bond donors (Lipinski definition) is 1. The molecule has 1 fully saturated rings. The predicted octanol–water partition coefficient (Wildman–Crippen LogP) is 1.85. The zero-order valence-corrected chi connectivity index (χ0v) is 8.49. The summed E-state index contributed by atoms with van der Waals surface area (Å²) in [5.74, 6) is 0.531.